The second kappa shape index (κ2) is 8.33. The molecule has 0 aliphatic heterocycles. The molecule has 4 aromatic carbocycles. The maximum atomic E-state index is 5.81. The van der Waals surface area contributed by atoms with Gasteiger partial charge in [0.1, 0.15) is 0 Å². The predicted molar refractivity (Wildman–Crippen MR) is 105 cm³/mol. The number of rotatable bonds is 2. The van der Waals surface area contributed by atoms with Crippen LogP contribution in [0.4, 0.5) is 0 Å². The van der Waals surface area contributed by atoms with Gasteiger partial charge >= 0.3 is 0 Å². The molecule has 4 aromatic rings. The van der Waals surface area contributed by atoms with Crippen molar-refractivity contribution in [3.63, 3.8) is 0 Å². The molecular weight excluding hydrogens is 312 g/mol. The molecule has 0 atom stereocenters. The first-order valence-corrected chi connectivity index (χ1v) is 8.55. The fourth-order valence-corrected chi connectivity index (χ4v) is 2.90. The molecule has 0 aliphatic carbocycles. The summed E-state index contributed by atoms with van der Waals surface area (Å²) in [4.78, 5) is 0. The Morgan fingerprint density at radius 1 is 0.500 bits per heavy atom. The van der Waals surface area contributed by atoms with E-state index in [0.717, 1.165) is 0 Å². The zero-order chi connectivity index (χ0) is 16.6. The summed E-state index contributed by atoms with van der Waals surface area (Å²) in [6.45, 7) is 0. The molecule has 0 unspecified atom stereocenters. The Kier molecular flexibility index (Phi) is 5.65. The summed E-state index contributed by atoms with van der Waals surface area (Å²) in [5.74, 6) is 0.585. The van der Waals surface area contributed by atoms with E-state index in [4.69, 9.17) is 11.6 Å². The number of halogens is 1. The van der Waals surface area contributed by atoms with Crippen LogP contribution in [0.25, 0.3) is 21.9 Å². The molecule has 118 valence electrons. The van der Waals surface area contributed by atoms with Crippen LogP contribution in [0.3, 0.4) is 0 Å². The Labute approximate surface area is 148 Å². The highest BCUT2D eigenvalue weighted by atomic mass is 35.5. The summed E-state index contributed by atoms with van der Waals surface area (Å²) in [6, 6.07) is 35.3. The van der Waals surface area contributed by atoms with Crippen LogP contribution in [-0.4, -0.2) is 0 Å². The van der Waals surface area contributed by atoms with Crippen molar-refractivity contribution in [3.8, 4) is 11.1 Å². The number of hydrogen-bond acceptors (Lipinski definition) is 0. The van der Waals surface area contributed by atoms with E-state index in [1.54, 1.807) is 0 Å². The summed E-state index contributed by atoms with van der Waals surface area (Å²) in [5.41, 5.74) is 3.76. The smallest absolute Gasteiger partial charge is 0.0480 e. The molecule has 0 saturated heterocycles. The van der Waals surface area contributed by atoms with Gasteiger partial charge in [-0.3, -0.25) is 0 Å². The van der Waals surface area contributed by atoms with Crippen LogP contribution in [0.5, 0.6) is 0 Å². The van der Waals surface area contributed by atoms with Crippen LogP contribution < -0.4 is 0 Å². The lowest BCUT2D eigenvalue weighted by Gasteiger charge is -2.01. The van der Waals surface area contributed by atoms with Gasteiger partial charge in [-0.05, 0) is 27.5 Å². The van der Waals surface area contributed by atoms with Crippen molar-refractivity contribution in [2.24, 2.45) is 0 Å². The van der Waals surface area contributed by atoms with Gasteiger partial charge in [0.25, 0.3) is 0 Å². The van der Waals surface area contributed by atoms with E-state index in [1.807, 2.05) is 30.3 Å². The minimum atomic E-state index is 0.585. The topological polar surface area (TPSA) is 0 Å². The maximum absolute atomic E-state index is 5.81. The molecule has 0 heterocycles. The average Bonchev–Trinajstić information content (AvgIpc) is 2.69. The van der Waals surface area contributed by atoms with Crippen molar-refractivity contribution >= 4 is 22.4 Å². The molecule has 1 heteroatoms. The highest BCUT2D eigenvalue weighted by Crippen LogP contribution is 2.19. The second-order valence-corrected chi connectivity index (χ2v) is 5.77. The van der Waals surface area contributed by atoms with Gasteiger partial charge in [-0.1, -0.05) is 103 Å². The minimum Gasteiger partial charge on any atom is -0.122 e. The molecule has 0 amide bonds. The summed E-state index contributed by atoms with van der Waals surface area (Å²) in [6.07, 6.45) is 0. The molecule has 24 heavy (non-hydrogen) atoms. The maximum Gasteiger partial charge on any atom is 0.0480 e. The lowest BCUT2D eigenvalue weighted by molar-refractivity contribution is 1.45. The van der Waals surface area contributed by atoms with Gasteiger partial charge in [0.15, 0.2) is 0 Å². The lowest BCUT2D eigenvalue weighted by Crippen LogP contribution is -1.79. The Morgan fingerprint density at radius 3 is 1.58 bits per heavy atom. The van der Waals surface area contributed by atoms with Crippen molar-refractivity contribution in [2.75, 3.05) is 0 Å². The minimum absolute atomic E-state index is 0.585. The molecule has 0 nitrogen and oxygen atoms in total. The van der Waals surface area contributed by atoms with Gasteiger partial charge in [0.2, 0.25) is 0 Å². The van der Waals surface area contributed by atoms with Gasteiger partial charge < -0.3 is 0 Å². The third-order valence-electron chi connectivity index (χ3n) is 3.90. The number of benzene rings is 4. The molecule has 0 spiro atoms. The summed E-state index contributed by atoms with van der Waals surface area (Å²) in [7, 11) is 0. The molecule has 4 rings (SSSR count). The summed E-state index contributed by atoms with van der Waals surface area (Å²) in [5, 5.41) is 2.52. The summed E-state index contributed by atoms with van der Waals surface area (Å²) < 4.78 is 0. The molecular formula is C23H19Cl. The van der Waals surface area contributed by atoms with Crippen molar-refractivity contribution in [1.29, 1.82) is 0 Å². The van der Waals surface area contributed by atoms with Gasteiger partial charge in [-0.25, -0.2) is 0 Å². The second-order valence-electron chi connectivity index (χ2n) is 5.50. The monoisotopic (exact) mass is 330 g/mol. The van der Waals surface area contributed by atoms with Gasteiger partial charge in [0.05, 0.1) is 0 Å². The van der Waals surface area contributed by atoms with Crippen LogP contribution >= 0.6 is 11.6 Å². The molecule has 0 fully saturated rings. The normalized spacial score (nSPS) is 10.0. The van der Waals surface area contributed by atoms with E-state index in [0.29, 0.717) is 5.88 Å². The Balaban J connectivity index is 0.000000141. The first-order valence-electron chi connectivity index (χ1n) is 8.01. The molecule has 0 bridgehead atoms. The van der Waals surface area contributed by atoms with Crippen LogP contribution in [0, 0.1) is 0 Å². The largest absolute Gasteiger partial charge is 0.122 e. The molecule has 0 aromatic heterocycles. The highest BCUT2D eigenvalue weighted by Gasteiger charge is 1.96. The SMILES string of the molecule is ClCc1cccc2ccccc12.c1ccc(-c2ccccc2)cc1. The van der Waals surface area contributed by atoms with Gasteiger partial charge in [0, 0.05) is 5.88 Å². The molecule has 0 radical (unpaired) electrons. The predicted octanol–water partition coefficient (Wildman–Crippen LogP) is 6.93. The third kappa shape index (κ3) is 4.04. The van der Waals surface area contributed by atoms with E-state index >= 15 is 0 Å². The zero-order valence-corrected chi connectivity index (χ0v) is 14.2. The van der Waals surface area contributed by atoms with Crippen LogP contribution in [0.15, 0.2) is 103 Å². The van der Waals surface area contributed by atoms with E-state index in [9.17, 15) is 0 Å². The fraction of sp³-hybridized carbons (Fsp3) is 0.0435. The van der Waals surface area contributed by atoms with Crippen molar-refractivity contribution < 1.29 is 0 Å². The Morgan fingerprint density at radius 2 is 1.00 bits per heavy atom. The number of fused-ring (bicyclic) bond motifs is 1. The third-order valence-corrected chi connectivity index (χ3v) is 4.19. The highest BCUT2D eigenvalue weighted by molar-refractivity contribution is 6.18. The Bertz CT molecular complexity index is 840. The van der Waals surface area contributed by atoms with E-state index in [2.05, 4.69) is 72.8 Å². The standard InChI is InChI=1S/C12H10.C11H9Cl/c1-3-7-11(8-4-1)12-9-5-2-6-10-12;12-8-10-6-3-5-9-4-1-2-7-11(9)10/h1-10H;1-7H,8H2. The quantitative estimate of drug-likeness (QED) is 0.349. The van der Waals surface area contributed by atoms with E-state index in [-0.39, 0.29) is 0 Å². The average molecular weight is 331 g/mol. The lowest BCUT2D eigenvalue weighted by atomic mass is 10.1. The van der Waals surface area contributed by atoms with Crippen LogP contribution in [0.2, 0.25) is 0 Å². The van der Waals surface area contributed by atoms with Crippen LogP contribution in [0.1, 0.15) is 5.56 Å². The van der Waals surface area contributed by atoms with E-state index < -0.39 is 0 Å². The van der Waals surface area contributed by atoms with Crippen LogP contribution in [-0.2, 0) is 5.88 Å². The molecule has 0 saturated carbocycles. The zero-order valence-electron chi connectivity index (χ0n) is 13.4. The van der Waals surface area contributed by atoms with Gasteiger partial charge in [-0.15, -0.1) is 11.6 Å². The Hall–Kier alpha value is -2.57. The first-order chi connectivity index (χ1) is 11.9. The van der Waals surface area contributed by atoms with Crippen molar-refractivity contribution in [1.82, 2.24) is 0 Å². The number of alkyl halides is 1. The number of hydrogen-bond donors (Lipinski definition) is 0. The van der Waals surface area contributed by atoms with E-state index in [1.165, 1.54) is 27.5 Å². The molecule has 0 aliphatic rings. The first kappa shape index (κ1) is 16.3. The summed E-state index contributed by atoms with van der Waals surface area (Å²) >= 11 is 5.81. The molecule has 0 N–H and O–H groups in total. The fourth-order valence-electron chi connectivity index (χ4n) is 2.67. The van der Waals surface area contributed by atoms with Crippen molar-refractivity contribution in [3.05, 3.63) is 109 Å². The van der Waals surface area contributed by atoms with Gasteiger partial charge in [-0.2, -0.15) is 0 Å². The van der Waals surface area contributed by atoms with Crippen molar-refractivity contribution in [2.45, 2.75) is 5.88 Å².